The van der Waals surface area contributed by atoms with Crippen LogP contribution in [0.25, 0.3) is 0 Å². The molecule has 1 saturated heterocycles. The Bertz CT molecular complexity index is 1060. The summed E-state index contributed by atoms with van der Waals surface area (Å²) in [4.78, 5) is 26.7. The molecule has 2 aromatic carbocycles. The third-order valence-electron chi connectivity index (χ3n) is 5.43. The van der Waals surface area contributed by atoms with Crippen LogP contribution in [0.1, 0.15) is 29.3 Å². The fourth-order valence-corrected chi connectivity index (χ4v) is 5.61. The number of amides is 1. The van der Waals surface area contributed by atoms with Gasteiger partial charge in [-0.15, -0.1) is 0 Å². The van der Waals surface area contributed by atoms with Crippen LogP contribution in [-0.2, 0) is 25.8 Å². The van der Waals surface area contributed by atoms with Crippen molar-refractivity contribution in [3.63, 3.8) is 0 Å². The van der Waals surface area contributed by atoms with Crippen LogP contribution in [0.5, 0.6) is 0 Å². The molecule has 32 heavy (non-hydrogen) atoms. The summed E-state index contributed by atoms with van der Waals surface area (Å²) in [6.45, 7) is 2.32. The van der Waals surface area contributed by atoms with Crippen LogP contribution in [0.15, 0.2) is 48.5 Å². The molecule has 0 aromatic heterocycles. The van der Waals surface area contributed by atoms with E-state index in [2.05, 4.69) is 5.32 Å². The molecule has 1 atom stereocenters. The predicted octanol–water partition coefficient (Wildman–Crippen LogP) is 3.19. The van der Waals surface area contributed by atoms with Gasteiger partial charge in [-0.25, -0.2) is 13.2 Å². The second-order valence-electron chi connectivity index (χ2n) is 7.66. The van der Waals surface area contributed by atoms with Crippen LogP contribution in [0.3, 0.4) is 0 Å². The summed E-state index contributed by atoms with van der Waals surface area (Å²) < 4.78 is 28.7. The number of carbonyl (C=O) groups is 2. The summed E-state index contributed by atoms with van der Waals surface area (Å²) in [5.41, 5.74) is 2.07. The lowest BCUT2D eigenvalue weighted by atomic mass is 10.1. The maximum atomic E-state index is 12.6. The minimum Gasteiger partial charge on any atom is -0.452 e. The highest BCUT2D eigenvalue weighted by molar-refractivity contribution is 7.91. The quantitative estimate of drug-likeness (QED) is 0.556. The first-order valence-corrected chi connectivity index (χ1v) is 12.7. The van der Waals surface area contributed by atoms with Crippen LogP contribution >= 0.6 is 11.6 Å². The van der Waals surface area contributed by atoms with E-state index in [4.69, 9.17) is 16.3 Å². The number of hydrogen-bond acceptors (Lipinski definition) is 6. The molecule has 0 spiro atoms. The molecule has 9 heteroatoms. The topological polar surface area (TPSA) is 92.8 Å². The molecule has 0 radical (unpaired) electrons. The van der Waals surface area contributed by atoms with Gasteiger partial charge in [-0.2, -0.15) is 0 Å². The molecule has 3 rings (SSSR count). The van der Waals surface area contributed by atoms with E-state index in [0.29, 0.717) is 35.8 Å². The van der Waals surface area contributed by atoms with Gasteiger partial charge in [-0.3, -0.25) is 4.79 Å². The number of nitrogens with zero attached hydrogens (tertiary/aromatic N) is 1. The van der Waals surface area contributed by atoms with E-state index in [0.717, 1.165) is 12.0 Å². The number of hydrogen-bond donors (Lipinski definition) is 1. The van der Waals surface area contributed by atoms with Crippen molar-refractivity contribution in [1.29, 1.82) is 0 Å². The molecule has 0 bridgehead atoms. The van der Waals surface area contributed by atoms with Crippen molar-refractivity contribution in [3.8, 4) is 0 Å². The van der Waals surface area contributed by atoms with Gasteiger partial charge in [0.2, 0.25) is 0 Å². The zero-order valence-corrected chi connectivity index (χ0v) is 19.5. The second kappa shape index (κ2) is 10.8. The molecule has 1 fully saturated rings. The van der Waals surface area contributed by atoms with Crippen molar-refractivity contribution in [2.45, 2.75) is 25.8 Å². The van der Waals surface area contributed by atoms with Gasteiger partial charge in [0.15, 0.2) is 16.4 Å². The lowest BCUT2D eigenvalue weighted by Gasteiger charge is -2.26. The SMILES string of the molecule is CCN(C(=O)COC(=O)c1ccccc1NCCc1ccc(Cl)cc1)C1CCS(=O)(=O)C1. The number of esters is 1. The van der Waals surface area contributed by atoms with Gasteiger partial charge in [0.05, 0.1) is 17.1 Å². The third kappa shape index (κ3) is 6.46. The maximum absolute atomic E-state index is 12.6. The van der Waals surface area contributed by atoms with Crippen molar-refractivity contribution in [3.05, 3.63) is 64.7 Å². The van der Waals surface area contributed by atoms with Crippen LogP contribution in [0.2, 0.25) is 5.02 Å². The Kier molecular flexibility index (Phi) is 8.15. The first-order valence-electron chi connectivity index (χ1n) is 10.5. The van der Waals surface area contributed by atoms with Gasteiger partial charge in [0.25, 0.3) is 5.91 Å². The normalized spacial score (nSPS) is 17.0. The molecule has 1 aliphatic rings. The molecule has 1 unspecified atom stereocenters. The molecule has 1 aliphatic heterocycles. The lowest BCUT2D eigenvalue weighted by Crippen LogP contribution is -2.43. The number of sulfone groups is 1. The number of likely N-dealkylation sites (N-methyl/N-ethyl adjacent to an activating group) is 1. The van der Waals surface area contributed by atoms with Crippen LogP contribution in [0, 0.1) is 0 Å². The first-order chi connectivity index (χ1) is 15.3. The summed E-state index contributed by atoms with van der Waals surface area (Å²) >= 11 is 5.91. The van der Waals surface area contributed by atoms with Crippen LogP contribution in [0.4, 0.5) is 5.69 Å². The predicted molar refractivity (Wildman–Crippen MR) is 125 cm³/mol. The lowest BCUT2D eigenvalue weighted by molar-refractivity contribution is -0.136. The zero-order chi connectivity index (χ0) is 23.1. The molecule has 1 amide bonds. The fourth-order valence-electron chi connectivity index (χ4n) is 3.76. The van der Waals surface area contributed by atoms with Crippen molar-refractivity contribution in [2.75, 3.05) is 36.5 Å². The Morgan fingerprint density at radius 2 is 1.88 bits per heavy atom. The Morgan fingerprint density at radius 1 is 1.16 bits per heavy atom. The molecule has 7 nitrogen and oxygen atoms in total. The van der Waals surface area contributed by atoms with E-state index in [1.165, 1.54) is 4.90 Å². The molecule has 2 aromatic rings. The Labute approximate surface area is 193 Å². The van der Waals surface area contributed by atoms with E-state index in [1.54, 1.807) is 25.1 Å². The number of para-hydroxylation sites is 1. The van der Waals surface area contributed by atoms with Crippen molar-refractivity contribution in [1.82, 2.24) is 4.90 Å². The molecule has 172 valence electrons. The summed E-state index contributed by atoms with van der Waals surface area (Å²) in [6.07, 6.45) is 1.16. The van der Waals surface area contributed by atoms with E-state index in [9.17, 15) is 18.0 Å². The maximum Gasteiger partial charge on any atom is 0.340 e. The Balaban J connectivity index is 1.55. The summed E-state index contributed by atoms with van der Waals surface area (Å²) in [5.74, 6) is -0.962. The molecule has 1 heterocycles. The number of carbonyl (C=O) groups excluding carboxylic acids is 2. The summed E-state index contributed by atoms with van der Waals surface area (Å²) in [6, 6.07) is 14.2. The van der Waals surface area contributed by atoms with Gasteiger partial charge >= 0.3 is 5.97 Å². The molecule has 1 N–H and O–H groups in total. The number of anilines is 1. The molecular formula is C23H27ClN2O5S. The number of nitrogens with one attached hydrogen (secondary N) is 1. The molecule has 0 saturated carbocycles. The highest BCUT2D eigenvalue weighted by Crippen LogP contribution is 2.19. The van der Waals surface area contributed by atoms with Crippen molar-refractivity contribution < 1.29 is 22.7 Å². The average Bonchev–Trinajstić information content (AvgIpc) is 3.13. The van der Waals surface area contributed by atoms with Gasteiger partial charge in [-0.1, -0.05) is 35.9 Å². The fraction of sp³-hybridized carbons (Fsp3) is 0.391. The Morgan fingerprint density at radius 3 is 2.53 bits per heavy atom. The summed E-state index contributed by atoms with van der Waals surface area (Å²) in [5, 5.41) is 3.92. The minimum atomic E-state index is -3.11. The Hall–Kier alpha value is -2.58. The van der Waals surface area contributed by atoms with E-state index in [1.807, 2.05) is 30.3 Å². The number of ether oxygens (including phenoxy) is 1. The second-order valence-corrected chi connectivity index (χ2v) is 10.3. The first kappa shape index (κ1) is 24.1. The van der Waals surface area contributed by atoms with E-state index >= 15 is 0 Å². The van der Waals surface area contributed by atoms with Gasteiger partial charge < -0.3 is 15.0 Å². The van der Waals surface area contributed by atoms with Crippen LogP contribution in [-0.4, -0.2) is 62.4 Å². The largest absolute Gasteiger partial charge is 0.452 e. The highest BCUT2D eigenvalue weighted by atomic mass is 35.5. The summed E-state index contributed by atoms with van der Waals surface area (Å²) in [7, 11) is -3.11. The zero-order valence-electron chi connectivity index (χ0n) is 17.9. The standard InChI is InChI=1S/C23H27ClN2O5S/c1-2-26(19-12-14-32(29,30)16-19)22(27)15-31-23(28)20-5-3-4-6-21(20)25-13-11-17-7-9-18(24)10-8-17/h3-10,19,25H,2,11-16H2,1H3. The van der Waals surface area contributed by atoms with Crippen molar-refractivity contribution >= 4 is 39.0 Å². The number of halogens is 1. The van der Waals surface area contributed by atoms with E-state index < -0.39 is 28.3 Å². The molecule has 0 aliphatic carbocycles. The average molecular weight is 479 g/mol. The third-order valence-corrected chi connectivity index (χ3v) is 7.43. The smallest absolute Gasteiger partial charge is 0.340 e. The van der Waals surface area contributed by atoms with Gasteiger partial charge in [0.1, 0.15) is 0 Å². The van der Waals surface area contributed by atoms with Gasteiger partial charge in [-0.05, 0) is 49.6 Å². The molecular weight excluding hydrogens is 452 g/mol. The monoisotopic (exact) mass is 478 g/mol. The highest BCUT2D eigenvalue weighted by Gasteiger charge is 2.34. The van der Waals surface area contributed by atoms with Gasteiger partial charge in [0, 0.05) is 29.8 Å². The number of rotatable bonds is 9. The number of benzene rings is 2. The van der Waals surface area contributed by atoms with E-state index in [-0.39, 0.29) is 17.5 Å². The minimum absolute atomic E-state index is 0.0408. The van der Waals surface area contributed by atoms with Crippen LogP contribution < -0.4 is 5.32 Å². The van der Waals surface area contributed by atoms with Crippen molar-refractivity contribution in [2.24, 2.45) is 0 Å².